The van der Waals surface area contributed by atoms with Gasteiger partial charge in [-0.25, -0.2) is 4.79 Å². The molecule has 2 aromatic heterocycles. The van der Waals surface area contributed by atoms with Crippen LogP contribution in [-0.4, -0.2) is 28.3 Å². The predicted molar refractivity (Wildman–Crippen MR) is 99.3 cm³/mol. The molecule has 0 spiro atoms. The third kappa shape index (κ3) is 4.49. The number of nitrogens with zero attached hydrogens (tertiary/aromatic N) is 3. The van der Waals surface area contributed by atoms with Crippen LogP contribution in [0.5, 0.6) is 0 Å². The maximum Gasteiger partial charge on any atom is 0.359 e. The fraction of sp³-hybridized carbons (Fsp3) is 0.444. The van der Waals surface area contributed by atoms with Gasteiger partial charge >= 0.3 is 5.97 Å². The summed E-state index contributed by atoms with van der Waals surface area (Å²) in [5.74, 6) is -0.969. The van der Waals surface area contributed by atoms with E-state index in [0.29, 0.717) is 10.6 Å². The normalized spacial score (nSPS) is 11.3. The van der Waals surface area contributed by atoms with Crippen molar-refractivity contribution < 1.29 is 14.3 Å². The molecule has 0 saturated carbocycles. The molecule has 0 aromatic carbocycles. The van der Waals surface area contributed by atoms with Gasteiger partial charge in [0.2, 0.25) is 0 Å². The van der Waals surface area contributed by atoms with Gasteiger partial charge in [0, 0.05) is 5.69 Å². The number of anilines is 1. The summed E-state index contributed by atoms with van der Waals surface area (Å²) in [6, 6.07) is 5.29. The Bertz CT molecular complexity index is 853. The summed E-state index contributed by atoms with van der Waals surface area (Å²) < 4.78 is 6.87. The van der Waals surface area contributed by atoms with Crippen LogP contribution in [0.1, 0.15) is 62.3 Å². The molecular formula is C18H22N4O3S. The Balaban J connectivity index is 2.04. The van der Waals surface area contributed by atoms with Crippen molar-refractivity contribution in [3.63, 3.8) is 0 Å². The lowest BCUT2D eigenvalue weighted by Crippen LogP contribution is -2.26. The number of hydrogen-bond acceptors (Lipinski definition) is 6. The van der Waals surface area contributed by atoms with Crippen molar-refractivity contribution in [3.8, 4) is 6.07 Å². The molecular weight excluding hydrogens is 352 g/mol. The van der Waals surface area contributed by atoms with Crippen molar-refractivity contribution in [1.29, 1.82) is 5.26 Å². The fourth-order valence-electron chi connectivity index (χ4n) is 2.31. The van der Waals surface area contributed by atoms with Crippen LogP contribution in [-0.2, 0) is 15.1 Å². The Morgan fingerprint density at radius 1 is 1.42 bits per heavy atom. The first-order valence-electron chi connectivity index (χ1n) is 8.18. The number of esters is 1. The molecule has 0 aliphatic carbocycles. The number of rotatable bonds is 5. The minimum atomic E-state index is -0.656. The van der Waals surface area contributed by atoms with Gasteiger partial charge in [0.1, 0.15) is 11.1 Å². The molecule has 0 atom stereocenters. The first kappa shape index (κ1) is 19.7. The Labute approximate surface area is 156 Å². The van der Waals surface area contributed by atoms with E-state index in [9.17, 15) is 9.59 Å². The largest absolute Gasteiger partial charge is 0.451 e. The Kier molecular flexibility index (Phi) is 5.83. The maximum atomic E-state index is 12.3. The van der Waals surface area contributed by atoms with Crippen LogP contribution >= 0.6 is 11.3 Å². The average Bonchev–Trinajstić information content (AvgIpc) is 3.18. The molecule has 0 fully saturated rings. The molecule has 1 N–H and O–H groups in total. The van der Waals surface area contributed by atoms with Gasteiger partial charge in [-0.15, -0.1) is 11.3 Å². The zero-order valence-electron chi connectivity index (χ0n) is 15.5. The number of ether oxygens (including phenoxy) is 1. The van der Waals surface area contributed by atoms with E-state index in [1.54, 1.807) is 22.2 Å². The van der Waals surface area contributed by atoms with Gasteiger partial charge in [-0.2, -0.15) is 10.4 Å². The van der Waals surface area contributed by atoms with Crippen LogP contribution < -0.4 is 5.32 Å². The van der Waals surface area contributed by atoms with Gasteiger partial charge in [0.15, 0.2) is 12.3 Å². The highest BCUT2D eigenvalue weighted by molar-refractivity contribution is 7.14. The van der Waals surface area contributed by atoms with Crippen LogP contribution in [0, 0.1) is 11.3 Å². The van der Waals surface area contributed by atoms with Crippen LogP contribution in [0.3, 0.4) is 0 Å². The van der Waals surface area contributed by atoms with E-state index >= 15 is 0 Å². The number of nitriles is 1. The number of carbonyl (C=O) groups is 2. The summed E-state index contributed by atoms with van der Waals surface area (Å²) in [6.07, 6.45) is 0. The van der Waals surface area contributed by atoms with Gasteiger partial charge in [0.25, 0.3) is 5.91 Å². The molecule has 26 heavy (non-hydrogen) atoms. The summed E-state index contributed by atoms with van der Waals surface area (Å²) in [6.45, 7) is 9.61. The van der Waals surface area contributed by atoms with Crippen LogP contribution in [0.15, 0.2) is 17.5 Å². The number of aromatic nitrogens is 2. The molecule has 1 amide bonds. The Morgan fingerprint density at radius 3 is 2.65 bits per heavy atom. The van der Waals surface area contributed by atoms with Gasteiger partial charge in [0.05, 0.1) is 11.1 Å². The summed E-state index contributed by atoms with van der Waals surface area (Å²) >= 11 is 1.23. The van der Waals surface area contributed by atoms with Crippen molar-refractivity contribution in [3.05, 3.63) is 34.5 Å². The highest BCUT2D eigenvalue weighted by Gasteiger charge is 2.24. The van der Waals surface area contributed by atoms with Crippen molar-refractivity contribution in [2.24, 2.45) is 0 Å². The van der Waals surface area contributed by atoms with Crippen LogP contribution in [0.4, 0.5) is 5.00 Å². The summed E-state index contributed by atoms with van der Waals surface area (Å²) in [5, 5.41) is 18.0. The molecule has 2 aromatic rings. The quantitative estimate of drug-likeness (QED) is 0.808. The highest BCUT2D eigenvalue weighted by atomic mass is 32.1. The zero-order chi connectivity index (χ0) is 19.5. The molecule has 2 rings (SSSR count). The average molecular weight is 374 g/mol. The van der Waals surface area contributed by atoms with E-state index in [1.165, 1.54) is 11.3 Å². The van der Waals surface area contributed by atoms with Crippen molar-refractivity contribution in [1.82, 2.24) is 9.78 Å². The van der Waals surface area contributed by atoms with Gasteiger partial charge in [-0.3, -0.25) is 9.48 Å². The zero-order valence-corrected chi connectivity index (χ0v) is 16.3. The number of nitrogens with one attached hydrogen (secondary N) is 1. The molecule has 0 aliphatic heterocycles. The van der Waals surface area contributed by atoms with Crippen molar-refractivity contribution in [2.45, 2.75) is 46.1 Å². The third-order valence-corrected chi connectivity index (χ3v) is 4.38. The SMILES string of the molecule is CC(C)c1cc(C(=O)OCC(=O)Nc2sccc2C#N)nn1C(C)(C)C. The lowest BCUT2D eigenvalue weighted by Gasteiger charge is -2.23. The second kappa shape index (κ2) is 7.70. The summed E-state index contributed by atoms with van der Waals surface area (Å²) in [5.41, 5.74) is 1.19. The van der Waals surface area contributed by atoms with E-state index in [1.807, 2.05) is 40.7 Å². The summed E-state index contributed by atoms with van der Waals surface area (Å²) in [4.78, 5) is 24.2. The first-order valence-corrected chi connectivity index (χ1v) is 9.06. The molecule has 8 heteroatoms. The van der Waals surface area contributed by atoms with Crippen LogP contribution in [0.25, 0.3) is 0 Å². The summed E-state index contributed by atoms with van der Waals surface area (Å²) in [7, 11) is 0. The number of amides is 1. The Hall–Kier alpha value is -2.66. The monoisotopic (exact) mass is 374 g/mol. The highest BCUT2D eigenvalue weighted by Crippen LogP contribution is 2.24. The third-order valence-electron chi connectivity index (χ3n) is 3.55. The standard InChI is InChI=1S/C18H22N4O3S/c1-11(2)14-8-13(21-22(14)18(3,4)5)17(24)25-10-15(23)20-16-12(9-19)6-7-26-16/h6-8,11H,10H2,1-5H3,(H,20,23). The van der Waals surface area contributed by atoms with E-state index in [0.717, 1.165) is 5.69 Å². The topological polar surface area (TPSA) is 97.0 Å². The first-order chi connectivity index (χ1) is 12.1. The second-order valence-electron chi connectivity index (χ2n) is 7.09. The maximum absolute atomic E-state index is 12.3. The molecule has 0 aliphatic rings. The van der Waals surface area contributed by atoms with Gasteiger partial charge in [-0.1, -0.05) is 13.8 Å². The molecule has 0 radical (unpaired) electrons. The lowest BCUT2D eigenvalue weighted by molar-refractivity contribution is -0.119. The van der Waals surface area contributed by atoms with Gasteiger partial charge in [-0.05, 0) is 44.2 Å². The molecule has 7 nitrogen and oxygen atoms in total. The van der Waals surface area contributed by atoms with Crippen molar-refractivity contribution in [2.75, 3.05) is 11.9 Å². The molecule has 0 bridgehead atoms. The van der Waals surface area contributed by atoms with E-state index < -0.39 is 18.5 Å². The predicted octanol–water partition coefficient (Wildman–Crippen LogP) is 3.49. The minimum absolute atomic E-state index is 0.172. The number of thiophene rings is 1. The number of carbonyl (C=O) groups excluding carboxylic acids is 2. The van der Waals surface area contributed by atoms with E-state index in [2.05, 4.69) is 10.4 Å². The van der Waals surface area contributed by atoms with Crippen molar-refractivity contribution >= 4 is 28.2 Å². The molecule has 0 unspecified atom stereocenters. The number of hydrogen-bond donors (Lipinski definition) is 1. The molecule has 0 saturated heterocycles. The van der Waals surface area contributed by atoms with Gasteiger partial charge < -0.3 is 10.1 Å². The lowest BCUT2D eigenvalue weighted by atomic mass is 10.1. The van der Waals surface area contributed by atoms with Crippen LogP contribution in [0.2, 0.25) is 0 Å². The van der Waals surface area contributed by atoms with E-state index in [-0.39, 0.29) is 17.2 Å². The molecule has 2 heterocycles. The smallest absolute Gasteiger partial charge is 0.359 e. The van der Waals surface area contributed by atoms with E-state index in [4.69, 9.17) is 10.00 Å². The fourth-order valence-corrected chi connectivity index (χ4v) is 3.06. The second-order valence-corrected chi connectivity index (χ2v) is 8.01. The Morgan fingerprint density at radius 2 is 2.12 bits per heavy atom. The minimum Gasteiger partial charge on any atom is -0.451 e. The molecule has 138 valence electrons.